The number of rotatable bonds is 4. The van der Waals surface area contributed by atoms with Crippen molar-refractivity contribution >= 4 is 41.9 Å². The van der Waals surface area contributed by atoms with E-state index in [0.29, 0.717) is 32.7 Å². The largest absolute Gasteiger partial charge is 0.329 e. The zero-order valence-electron chi connectivity index (χ0n) is 11.8. The Hall–Kier alpha value is 0.01000. The molecule has 0 saturated carbocycles. The molecule has 1 aliphatic rings. The summed E-state index contributed by atoms with van der Waals surface area (Å²) in [7, 11) is -3.10. The highest BCUT2D eigenvalue weighted by molar-refractivity contribution is 9.13. The van der Waals surface area contributed by atoms with Crippen LogP contribution in [0.25, 0.3) is 0 Å². The molecule has 0 aliphatic carbocycles. The third-order valence-corrected chi connectivity index (χ3v) is 6.92. The van der Waals surface area contributed by atoms with Crippen LogP contribution in [0, 0.1) is 0 Å². The van der Waals surface area contributed by atoms with Crippen LogP contribution in [-0.2, 0) is 10.0 Å². The van der Waals surface area contributed by atoms with Gasteiger partial charge in [-0.15, -0.1) is 0 Å². The number of sulfonamides is 1. The number of benzene rings is 1. The Bertz CT molecular complexity index is 601. The van der Waals surface area contributed by atoms with Crippen molar-refractivity contribution in [2.24, 2.45) is 5.73 Å². The predicted molar refractivity (Wildman–Crippen MR) is 91.6 cm³/mol. The molecule has 0 aromatic heterocycles. The van der Waals surface area contributed by atoms with Crippen LogP contribution in [0.1, 0.15) is 11.6 Å². The molecule has 0 bridgehead atoms. The van der Waals surface area contributed by atoms with Gasteiger partial charge in [-0.2, -0.15) is 4.31 Å². The number of halogens is 2. The van der Waals surface area contributed by atoms with Crippen LogP contribution in [0.4, 0.5) is 0 Å². The van der Waals surface area contributed by atoms with Crippen molar-refractivity contribution in [3.63, 3.8) is 0 Å². The summed E-state index contributed by atoms with van der Waals surface area (Å²) >= 11 is 6.97. The highest BCUT2D eigenvalue weighted by atomic mass is 79.9. The van der Waals surface area contributed by atoms with Gasteiger partial charge in [-0.3, -0.25) is 4.90 Å². The van der Waals surface area contributed by atoms with Crippen molar-refractivity contribution in [1.82, 2.24) is 9.21 Å². The van der Waals surface area contributed by atoms with E-state index in [2.05, 4.69) is 48.9 Å². The molecule has 21 heavy (non-hydrogen) atoms. The van der Waals surface area contributed by atoms with E-state index in [-0.39, 0.29) is 6.04 Å². The molecule has 1 aromatic rings. The van der Waals surface area contributed by atoms with Gasteiger partial charge in [0.1, 0.15) is 0 Å². The maximum Gasteiger partial charge on any atom is 0.211 e. The first kappa shape index (κ1) is 17.4. The van der Waals surface area contributed by atoms with E-state index in [0.717, 1.165) is 14.5 Å². The van der Waals surface area contributed by atoms with Gasteiger partial charge in [0.15, 0.2) is 0 Å². The Labute approximate surface area is 142 Å². The fraction of sp³-hybridized carbons (Fsp3) is 0.538. The highest BCUT2D eigenvalue weighted by Crippen LogP contribution is 2.29. The summed E-state index contributed by atoms with van der Waals surface area (Å²) < 4.78 is 26.6. The summed E-state index contributed by atoms with van der Waals surface area (Å²) in [5, 5.41) is 0. The lowest BCUT2D eigenvalue weighted by molar-refractivity contribution is 0.140. The second-order valence-electron chi connectivity index (χ2n) is 5.12. The molecule has 2 rings (SSSR count). The van der Waals surface area contributed by atoms with Crippen LogP contribution < -0.4 is 5.73 Å². The van der Waals surface area contributed by atoms with Crippen molar-refractivity contribution in [2.75, 3.05) is 39.0 Å². The smallest absolute Gasteiger partial charge is 0.211 e. The van der Waals surface area contributed by atoms with E-state index in [1.165, 1.54) is 10.6 Å². The summed E-state index contributed by atoms with van der Waals surface area (Å²) in [6, 6.07) is 6.21. The topological polar surface area (TPSA) is 66.6 Å². The normalized spacial score (nSPS) is 19.6. The fourth-order valence-electron chi connectivity index (χ4n) is 2.56. The lowest BCUT2D eigenvalue weighted by atomic mass is 10.0. The minimum absolute atomic E-state index is 0.108. The Balaban J connectivity index is 2.11. The van der Waals surface area contributed by atoms with Gasteiger partial charge in [0, 0.05) is 47.7 Å². The predicted octanol–water partition coefficient (Wildman–Crippen LogP) is 1.79. The molecule has 1 aliphatic heterocycles. The molecule has 1 atom stereocenters. The number of hydrogen-bond acceptors (Lipinski definition) is 4. The minimum Gasteiger partial charge on any atom is -0.329 e. The number of hydrogen-bond donors (Lipinski definition) is 1. The van der Waals surface area contributed by atoms with Gasteiger partial charge in [-0.25, -0.2) is 8.42 Å². The zero-order valence-corrected chi connectivity index (χ0v) is 15.8. The van der Waals surface area contributed by atoms with Crippen molar-refractivity contribution in [3.8, 4) is 0 Å². The quantitative estimate of drug-likeness (QED) is 0.774. The average molecular weight is 441 g/mol. The zero-order chi connectivity index (χ0) is 15.6. The molecule has 1 saturated heterocycles. The number of nitrogens with two attached hydrogens (primary N) is 1. The first-order chi connectivity index (χ1) is 9.82. The summed E-state index contributed by atoms with van der Waals surface area (Å²) in [5.41, 5.74) is 7.08. The molecular weight excluding hydrogens is 422 g/mol. The molecule has 0 amide bonds. The van der Waals surface area contributed by atoms with Crippen molar-refractivity contribution in [3.05, 3.63) is 32.7 Å². The van der Waals surface area contributed by atoms with Gasteiger partial charge in [0.2, 0.25) is 10.0 Å². The van der Waals surface area contributed by atoms with Gasteiger partial charge in [0.25, 0.3) is 0 Å². The third-order valence-electron chi connectivity index (χ3n) is 3.73. The standard InChI is InChI=1S/C13H19Br2N3O2S/c1-21(19,20)18-6-4-17(5-7-18)13(9-16)10-2-3-11(14)12(15)8-10/h2-3,8,13H,4-7,9,16H2,1H3. The van der Waals surface area contributed by atoms with E-state index in [1.54, 1.807) is 0 Å². The Morgan fingerprint density at radius 2 is 1.81 bits per heavy atom. The van der Waals surface area contributed by atoms with E-state index in [4.69, 9.17) is 5.73 Å². The third kappa shape index (κ3) is 4.27. The maximum atomic E-state index is 11.6. The molecule has 1 heterocycles. The first-order valence-corrected chi connectivity index (χ1v) is 10.1. The lowest BCUT2D eigenvalue weighted by Crippen LogP contribution is -2.50. The van der Waals surface area contributed by atoms with Crippen LogP contribution in [0.2, 0.25) is 0 Å². The Morgan fingerprint density at radius 1 is 1.19 bits per heavy atom. The first-order valence-electron chi connectivity index (χ1n) is 6.67. The molecule has 1 unspecified atom stereocenters. The molecule has 0 radical (unpaired) electrons. The van der Waals surface area contributed by atoms with Gasteiger partial charge in [-0.1, -0.05) is 6.07 Å². The van der Waals surface area contributed by atoms with Crippen LogP contribution in [-0.4, -0.2) is 56.6 Å². The molecule has 8 heteroatoms. The van der Waals surface area contributed by atoms with E-state index < -0.39 is 10.0 Å². The summed E-state index contributed by atoms with van der Waals surface area (Å²) in [6.07, 6.45) is 1.26. The van der Waals surface area contributed by atoms with Gasteiger partial charge in [0.05, 0.1) is 6.26 Å². The second kappa shape index (κ2) is 7.06. The van der Waals surface area contributed by atoms with E-state index in [9.17, 15) is 8.42 Å². The van der Waals surface area contributed by atoms with Crippen LogP contribution in [0.5, 0.6) is 0 Å². The van der Waals surface area contributed by atoms with Gasteiger partial charge < -0.3 is 5.73 Å². The van der Waals surface area contributed by atoms with E-state index in [1.807, 2.05) is 6.07 Å². The molecule has 118 valence electrons. The highest BCUT2D eigenvalue weighted by Gasteiger charge is 2.28. The summed E-state index contributed by atoms with van der Waals surface area (Å²) in [6.45, 7) is 2.94. The van der Waals surface area contributed by atoms with Crippen molar-refractivity contribution in [1.29, 1.82) is 0 Å². The maximum absolute atomic E-state index is 11.6. The Morgan fingerprint density at radius 3 is 2.29 bits per heavy atom. The number of nitrogens with zero attached hydrogens (tertiary/aromatic N) is 2. The van der Waals surface area contributed by atoms with Crippen LogP contribution in [0.15, 0.2) is 27.1 Å². The monoisotopic (exact) mass is 439 g/mol. The van der Waals surface area contributed by atoms with Crippen molar-refractivity contribution in [2.45, 2.75) is 6.04 Å². The fourth-order valence-corrected chi connectivity index (χ4v) is 4.03. The molecule has 2 N–H and O–H groups in total. The minimum atomic E-state index is -3.10. The SMILES string of the molecule is CS(=O)(=O)N1CCN(C(CN)c2ccc(Br)c(Br)c2)CC1. The summed E-state index contributed by atoms with van der Waals surface area (Å²) in [5.74, 6) is 0. The average Bonchev–Trinajstić information content (AvgIpc) is 2.43. The molecule has 1 fully saturated rings. The Kier molecular flexibility index (Phi) is 5.84. The van der Waals surface area contributed by atoms with Gasteiger partial charge >= 0.3 is 0 Å². The van der Waals surface area contributed by atoms with Crippen LogP contribution in [0.3, 0.4) is 0 Å². The molecule has 0 spiro atoms. The van der Waals surface area contributed by atoms with Gasteiger partial charge in [-0.05, 0) is 49.6 Å². The summed E-state index contributed by atoms with van der Waals surface area (Å²) in [4.78, 5) is 2.25. The van der Waals surface area contributed by atoms with Crippen molar-refractivity contribution < 1.29 is 8.42 Å². The second-order valence-corrected chi connectivity index (χ2v) is 8.81. The van der Waals surface area contributed by atoms with E-state index >= 15 is 0 Å². The molecular formula is C13H19Br2N3O2S. The van der Waals surface area contributed by atoms with Crippen LogP contribution >= 0.6 is 31.9 Å². The molecule has 5 nitrogen and oxygen atoms in total. The number of piperazine rings is 1. The molecule has 1 aromatic carbocycles. The lowest BCUT2D eigenvalue weighted by Gasteiger charge is -2.38.